The van der Waals surface area contributed by atoms with Gasteiger partial charge in [-0.25, -0.2) is 0 Å². The van der Waals surface area contributed by atoms with Gasteiger partial charge in [0.05, 0.1) is 18.1 Å². The normalized spacial score (nSPS) is 13.8. The molecular formula is C33H41NO5. The molecule has 0 bridgehead atoms. The average molecular weight is 532 g/mol. The first-order chi connectivity index (χ1) is 18.4. The molecule has 3 rings (SSSR count). The second-order valence-corrected chi connectivity index (χ2v) is 11.7. The molecule has 0 fully saturated rings. The standard InChI is InChI=1S/C33H41NO5/c1-31(2,3)38-29(36)24(23-35)22-28(30(37)39-32(4,5)6)34-33(25-16-10-7-11-17-25,26-18-12-8-13-19-26)27-20-14-9-15-21-27/h7-21,24,28,34-35H,22-23H2,1-6H3/t24?,28-/m0/s1. The number of aliphatic hydroxyl groups is 1. The zero-order valence-corrected chi connectivity index (χ0v) is 23.8. The third-order valence-corrected chi connectivity index (χ3v) is 6.18. The lowest BCUT2D eigenvalue weighted by Crippen LogP contribution is -2.55. The highest BCUT2D eigenvalue weighted by Crippen LogP contribution is 2.38. The van der Waals surface area contributed by atoms with Crippen LogP contribution in [-0.2, 0) is 24.6 Å². The molecule has 0 saturated heterocycles. The van der Waals surface area contributed by atoms with Crippen LogP contribution in [0.4, 0.5) is 0 Å². The minimum absolute atomic E-state index is 0.0193. The highest BCUT2D eigenvalue weighted by atomic mass is 16.6. The number of aliphatic hydroxyl groups excluding tert-OH is 1. The lowest BCUT2D eigenvalue weighted by molar-refractivity contribution is -0.164. The van der Waals surface area contributed by atoms with Gasteiger partial charge in [-0.3, -0.25) is 14.9 Å². The molecule has 2 N–H and O–H groups in total. The van der Waals surface area contributed by atoms with Crippen molar-refractivity contribution in [1.82, 2.24) is 5.32 Å². The second-order valence-electron chi connectivity index (χ2n) is 11.7. The first-order valence-electron chi connectivity index (χ1n) is 13.4. The predicted octanol–water partition coefficient (Wildman–Crippen LogP) is 5.62. The molecule has 1 unspecified atom stereocenters. The number of hydrogen-bond acceptors (Lipinski definition) is 6. The number of carbonyl (C=O) groups excluding carboxylic acids is 2. The number of nitrogens with one attached hydrogen (secondary N) is 1. The van der Waals surface area contributed by atoms with Gasteiger partial charge < -0.3 is 14.6 Å². The summed E-state index contributed by atoms with van der Waals surface area (Å²) in [5.41, 5.74) is 0.267. The van der Waals surface area contributed by atoms with Crippen LogP contribution in [0.3, 0.4) is 0 Å². The van der Waals surface area contributed by atoms with E-state index >= 15 is 0 Å². The Hall–Kier alpha value is -3.48. The summed E-state index contributed by atoms with van der Waals surface area (Å²) in [5.74, 6) is -2.02. The Morgan fingerprint density at radius 3 is 1.36 bits per heavy atom. The summed E-state index contributed by atoms with van der Waals surface area (Å²) in [7, 11) is 0. The van der Waals surface area contributed by atoms with Gasteiger partial charge in [0.1, 0.15) is 17.2 Å². The number of benzene rings is 3. The molecule has 0 aliphatic rings. The Morgan fingerprint density at radius 1 is 0.667 bits per heavy atom. The van der Waals surface area contributed by atoms with Crippen molar-refractivity contribution < 1.29 is 24.2 Å². The van der Waals surface area contributed by atoms with E-state index in [1.807, 2.05) is 91.0 Å². The Labute approximate surface area is 232 Å². The van der Waals surface area contributed by atoms with Crippen molar-refractivity contribution in [3.8, 4) is 0 Å². The molecule has 0 saturated carbocycles. The van der Waals surface area contributed by atoms with Crippen molar-refractivity contribution in [3.05, 3.63) is 108 Å². The summed E-state index contributed by atoms with van der Waals surface area (Å²) in [6.07, 6.45) is -0.0193. The van der Waals surface area contributed by atoms with Gasteiger partial charge in [0.15, 0.2) is 0 Å². The first kappa shape index (κ1) is 30.1. The highest BCUT2D eigenvalue weighted by molar-refractivity contribution is 5.79. The van der Waals surface area contributed by atoms with Crippen LogP contribution in [0.5, 0.6) is 0 Å². The van der Waals surface area contributed by atoms with Crippen LogP contribution >= 0.6 is 0 Å². The van der Waals surface area contributed by atoms with E-state index in [0.717, 1.165) is 16.7 Å². The van der Waals surface area contributed by atoms with Crippen LogP contribution < -0.4 is 5.32 Å². The summed E-state index contributed by atoms with van der Waals surface area (Å²) >= 11 is 0. The molecule has 6 nitrogen and oxygen atoms in total. The van der Waals surface area contributed by atoms with Crippen molar-refractivity contribution >= 4 is 11.9 Å². The Morgan fingerprint density at radius 2 is 1.03 bits per heavy atom. The van der Waals surface area contributed by atoms with Crippen molar-refractivity contribution in [2.45, 2.75) is 70.7 Å². The minimum atomic E-state index is -0.973. The zero-order valence-electron chi connectivity index (χ0n) is 23.8. The summed E-state index contributed by atoms with van der Waals surface area (Å²) < 4.78 is 11.4. The van der Waals surface area contributed by atoms with E-state index in [2.05, 4.69) is 5.32 Å². The predicted molar refractivity (Wildman–Crippen MR) is 153 cm³/mol. The van der Waals surface area contributed by atoms with Crippen LogP contribution in [0.25, 0.3) is 0 Å². The van der Waals surface area contributed by atoms with E-state index in [-0.39, 0.29) is 6.42 Å². The van der Waals surface area contributed by atoms with Crippen molar-refractivity contribution in [3.63, 3.8) is 0 Å². The Kier molecular flexibility index (Phi) is 9.70. The molecule has 2 atom stereocenters. The molecule has 0 heterocycles. The molecule has 0 aromatic heterocycles. The maximum atomic E-state index is 13.8. The van der Waals surface area contributed by atoms with E-state index in [1.165, 1.54) is 0 Å². The molecule has 0 amide bonds. The fraction of sp³-hybridized carbons (Fsp3) is 0.394. The van der Waals surface area contributed by atoms with Crippen LogP contribution in [-0.4, -0.2) is 40.9 Å². The van der Waals surface area contributed by atoms with Gasteiger partial charge in [0.25, 0.3) is 0 Å². The molecule has 0 radical (unpaired) electrons. The Balaban J connectivity index is 2.19. The van der Waals surface area contributed by atoms with E-state index in [0.29, 0.717) is 0 Å². The minimum Gasteiger partial charge on any atom is -0.460 e. The fourth-order valence-electron chi connectivity index (χ4n) is 4.58. The summed E-state index contributed by atoms with van der Waals surface area (Å²) in [6.45, 7) is 10.3. The fourth-order valence-corrected chi connectivity index (χ4v) is 4.58. The lowest BCUT2D eigenvalue weighted by atomic mass is 9.76. The van der Waals surface area contributed by atoms with Crippen molar-refractivity contribution in [1.29, 1.82) is 0 Å². The smallest absolute Gasteiger partial charge is 0.323 e. The van der Waals surface area contributed by atoms with E-state index in [9.17, 15) is 14.7 Å². The Bertz CT molecular complexity index is 1100. The van der Waals surface area contributed by atoms with Crippen LogP contribution in [0.1, 0.15) is 64.7 Å². The topological polar surface area (TPSA) is 84.9 Å². The first-order valence-corrected chi connectivity index (χ1v) is 13.4. The van der Waals surface area contributed by atoms with Gasteiger partial charge in [-0.15, -0.1) is 0 Å². The van der Waals surface area contributed by atoms with Crippen LogP contribution in [0.2, 0.25) is 0 Å². The molecule has 208 valence electrons. The molecule has 0 spiro atoms. The van der Waals surface area contributed by atoms with E-state index in [4.69, 9.17) is 9.47 Å². The van der Waals surface area contributed by atoms with Crippen LogP contribution in [0.15, 0.2) is 91.0 Å². The maximum absolute atomic E-state index is 13.8. The number of ether oxygens (including phenoxy) is 2. The number of esters is 2. The quantitative estimate of drug-likeness (QED) is 0.261. The van der Waals surface area contributed by atoms with Gasteiger partial charge in [-0.1, -0.05) is 91.0 Å². The lowest BCUT2D eigenvalue weighted by Gasteiger charge is -2.40. The molecule has 3 aromatic rings. The van der Waals surface area contributed by atoms with E-state index < -0.39 is 47.2 Å². The van der Waals surface area contributed by atoms with Gasteiger partial charge in [-0.2, -0.15) is 0 Å². The van der Waals surface area contributed by atoms with Gasteiger partial charge in [-0.05, 0) is 64.7 Å². The zero-order chi connectivity index (χ0) is 28.7. The largest absolute Gasteiger partial charge is 0.460 e. The molecule has 0 aliphatic carbocycles. The van der Waals surface area contributed by atoms with Gasteiger partial charge in [0, 0.05) is 0 Å². The monoisotopic (exact) mass is 531 g/mol. The maximum Gasteiger partial charge on any atom is 0.323 e. The number of rotatable bonds is 10. The number of carbonyl (C=O) groups is 2. The third kappa shape index (κ3) is 8.01. The van der Waals surface area contributed by atoms with Crippen LogP contribution in [0, 0.1) is 5.92 Å². The SMILES string of the molecule is CC(C)(C)OC(=O)C(CO)C[C@H](NC(c1ccccc1)(c1ccccc1)c1ccccc1)C(=O)OC(C)(C)C. The molecule has 0 aliphatic heterocycles. The molecular weight excluding hydrogens is 490 g/mol. The summed E-state index contributed by atoms with van der Waals surface area (Å²) in [6, 6.07) is 28.7. The van der Waals surface area contributed by atoms with E-state index in [1.54, 1.807) is 41.5 Å². The number of hydrogen-bond donors (Lipinski definition) is 2. The highest BCUT2D eigenvalue weighted by Gasteiger charge is 2.42. The van der Waals surface area contributed by atoms with Crippen molar-refractivity contribution in [2.24, 2.45) is 5.92 Å². The molecule has 39 heavy (non-hydrogen) atoms. The summed E-state index contributed by atoms with van der Waals surface area (Å²) in [4.78, 5) is 26.8. The third-order valence-electron chi connectivity index (χ3n) is 6.18. The summed E-state index contributed by atoms with van der Waals surface area (Å²) in [5, 5.41) is 13.9. The van der Waals surface area contributed by atoms with Crippen molar-refractivity contribution in [2.75, 3.05) is 6.61 Å². The molecule has 3 aromatic carbocycles. The second kappa shape index (κ2) is 12.6. The van der Waals surface area contributed by atoms with Gasteiger partial charge >= 0.3 is 11.9 Å². The molecule has 6 heteroatoms. The average Bonchev–Trinajstić information content (AvgIpc) is 2.88. The van der Waals surface area contributed by atoms with Gasteiger partial charge in [0.2, 0.25) is 0 Å².